The molecule has 4 rings (SSSR count). The third-order valence-electron chi connectivity index (χ3n) is 5.55. The van der Waals surface area contributed by atoms with Crippen molar-refractivity contribution in [3.05, 3.63) is 65.5 Å². The molecule has 6 nitrogen and oxygen atoms in total. The molecule has 28 heavy (non-hydrogen) atoms. The number of carboxylic acids is 1. The molecule has 1 atom stereocenters. The van der Waals surface area contributed by atoms with Gasteiger partial charge < -0.3 is 14.6 Å². The van der Waals surface area contributed by atoms with Gasteiger partial charge in [-0.3, -0.25) is 4.79 Å². The monoisotopic (exact) mass is 377 g/mol. The van der Waals surface area contributed by atoms with Crippen molar-refractivity contribution in [2.45, 2.75) is 31.7 Å². The molecule has 1 amide bonds. The number of para-hydroxylation sites is 2. The SMILES string of the molecule is Cn1c(C2CCCN2C(=O)CCc2ccccc2C(=O)O)nc2ccccc21. The highest BCUT2D eigenvalue weighted by atomic mass is 16.4. The van der Waals surface area contributed by atoms with Crippen LogP contribution in [0.1, 0.15) is 47.1 Å². The average molecular weight is 377 g/mol. The number of rotatable bonds is 5. The summed E-state index contributed by atoms with van der Waals surface area (Å²) >= 11 is 0. The minimum Gasteiger partial charge on any atom is -0.478 e. The molecule has 144 valence electrons. The number of hydrogen-bond acceptors (Lipinski definition) is 3. The molecule has 2 aromatic carbocycles. The standard InChI is InChI=1S/C22H23N3O3/c1-24-18-10-5-4-9-17(18)23-21(24)19-11-6-14-25(19)20(26)13-12-15-7-2-3-8-16(15)22(27)28/h2-5,7-10,19H,6,11-14H2,1H3,(H,27,28). The number of benzene rings is 2. The molecule has 6 heteroatoms. The Kier molecular flexibility index (Phi) is 4.86. The molecule has 0 aliphatic carbocycles. The van der Waals surface area contributed by atoms with E-state index < -0.39 is 5.97 Å². The maximum Gasteiger partial charge on any atom is 0.335 e. The Labute approximate surface area is 163 Å². The van der Waals surface area contributed by atoms with E-state index in [1.54, 1.807) is 18.2 Å². The van der Waals surface area contributed by atoms with Gasteiger partial charge in [-0.15, -0.1) is 0 Å². The van der Waals surface area contributed by atoms with Crippen molar-refractivity contribution in [2.24, 2.45) is 7.05 Å². The lowest BCUT2D eigenvalue weighted by Gasteiger charge is -2.24. The maximum absolute atomic E-state index is 13.0. The Hall–Kier alpha value is -3.15. The van der Waals surface area contributed by atoms with Crippen LogP contribution in [0.25, 0.3) is 11.0 Å². The number of carbonyl (C=O) groups excluding carboxylic acids is 1. The van der Waals surface area contributed by atoms with Crippen LogP contribution in [0.15, 0.2) is 48.5 Å². The van der Waals surface area contributed by atoms with E-state index in [1.807, 2.05) is 42.3 Å². The van der Waals surface area contributed by atoms with Crippen molar-refractivity contribution in [3.8, 4) is 0 Å². The molecule has 2 heterocycles. The molecule has 3 aromatic rings. The van der Waals surface area contributed by atoms with Crippen molar-refractivity contribution in [1.82, 2.24) is 14.5 Å². The summed E-state index contributed by atoms with van der Waals surface area (Å²) in [5.74, 6) is 0.00883. The van der Waals surface area contributed by atoms with Crippen molar-refractivity contribution >= 4 is 22.9 Å². The molecule has 1 aliphatic rings. The highest BCUT2D eigenvalue weighted by Gasteiger charge is 2.33. The van der Waals surface area contributed by atoms with Gasteiger partial charge in [0, 0.05) is 20.0 Å². The van der Waals surface area contributed by atoms with E-state index in [9.17, 15) is 14.7 Å². The van der Waals surface area contributed by atoms with Gasteiger partial charge in [0.15, 0.2) is 0 Å². The number of aromatic carboxylic acids is 1. The van der Waals surface area contributed by atoms with Gasteiger partial charge in [-0.1, -0.05) is 30.3 Å². The first-order valence-electron chi connectivity index (χ1n) is 9.58. The number of carbonyl (C=O) groups is 2. The number of aryl methyl sites for hydroxylation is 2. The molecular formula is C22H23N3O3. The summed E-state index contributed by atoms with van der Waals surface area (Å²) < 4.78 is 2.07. The van der Waals surface area contributed by atoms with Crippen molar-refractivity contribution in [1.29, 1.82) is 0 Å². The first kappa shape index (κ1) is 18.2. The van der Waals surface area contributed by atoms with Crippen LogP contribution in [0.5, 0.6) is 0 Å². The van der Waals surface area contributed by atoms with Gasteiger partial charge in [-0.25, -0.2) is 9.78 Å². The van der Waals surface area contributed by atoms with E-state index >= 15 is 0 Å². The second kappa shape index (κ2) is 7.46. The molecule has 1 N–H and O–H groups in total. The Morgan fingerprint density at radius 3 is 2.68 bits per heavy atom. The van der Waals surface area contributed by atoms with Gasteiger partial charge in [0.2, 0.25) is 5.91 Å². The Balaban J connectivity index is 1.53. The molecule has 0 radical (unpaired) electrons. The summed E-state index contributed by atoms with van der Waals surface area (Å²) in [5, 5.41) is 9.33. The Bertz CT molecular complexity index is 1040. The first-order valence-corrected chi connectivity index (χ1v) is 9.58. The van der Waals surface area contributed by atoms with Gasteiger partial charge in [-0.05, 0) is 43.0 Å². The summed E-state index contributed by atoms with van der Waals surface area (Å²) in [6, 6.07) is 14.8. The van der Waals surface area contributed by atoms with Crippen LogP contribution >= 0.6 is 0 Å². The number of aromatic nitrogens is 2. The highest BCUT2D eigenvalue weighted by molar-refractivity contribution is 5.89. The minimum atomic E-state index is -0.957. The second-order valence-corrected chi connectivity index (χ2v) is 7.23. The van der Waals surface area contributed by atoms with Crippen LogP contribution in [0.4, 0.5) is 0 Å². The third kappa shape index (κ3) is 3.26. The van der Waals surface area contributed by atoms with Crippen LogP contribution < -0.4 is 0 Å². The van der Waals surface area contributed by atoms with Crippen molar-refractivity contribution in [3.63, 3.8) is 0 Å². The van der Waals surface area contributed by atoms with E-state index in [-0.39, 0.29) is 17.5 Å². The molecule has 0 bridgehead atoms. The fourth-order valence-corrected chi connectivity index (χ4v) is 4.13. The molecular weight excluding hydrogens is 354 g/mol. The predicted molar refractivity (Wildman–Crippen MR) is 106 cm³/mol. The number of amides is 1. The number of nitrogens with zero attached hydrogens (tertiary/aromatic N) is 3. The lowest BCUT2D eigenvalue weighted by atomic mass is 10.0. The maximum atomic E-state index is 13.0. The fraction of sp³-hybridized carbons (Fsp3) is 0.318. The molecule has 1 saturated heterocycles. The number of carboxylic acid groups (broad SMARTS) is 1. The van der Waals surface area contributed by atoms with Crippen LogP contribution in [-0.2, 0) is 18.3 Å². The molecule has 0 saturated carbocycles. The first-order chi connectivity index (χ1) is 13.6. The van der Waals surface area contributed by atoms with Crippen molar-refractivity contribution < 1.29 is 14.7 Å². The van der Waals surface area contributed by atoms with Crippen LogP contribution in [0.2, 0.25) is 0 Å². The Morgan fingerprint density at radius 2 is 1.89 bits per heavy atom. The minimum absolute atomic E-state index is 0.0281. The quantitative estimate of drug-likeness (QED) is 0.738. The fourth-order valence-electron chi connectivity index (χ4n) is 4.13. The van der Waals surface area contributed by atoms with Gasteiger partial charge in [-0.2, -0.15) is 0 Å². The summed E-state index contributed by atoms with van der Waals surface area (Å²) in [7, 11) is 1.99. The lowest BCUT2D eigenvalue weighted by molar-refractivity contribution is -0.132. The molecule has 1 unspecified atom stereocenters. The zero-order chi connectivity index (χ0) is 19.7. The van der Waals surface area contributed by atoms with E-state index in [0.717, 1.165) is 29.7 Å². The number of fused-ring (bicyclic) bond motifs is 1. The summed E-state index contributed by atoms with van der Waals surface area (Å²) in [5.41, 5.74) is 2.97. The predicted octanol–water partition coefficient (Wildman–Crippen LogP) is 3.57. The van der Waals surface area contributed by atoms with E-state index in [4.69, 9.17) is 4.98 Å². The van der Waals surface area contributed by atoms with Crippen LogP contribution in [0, 0.1) is 0 Å². The molecule has 1 aromatic heterocycles. The van der Waals surface area contributed by atoms with Gasteiger partial charge in [0.1, 0.15) is 5.82 Å². The molecule has 1 fully saturated rings. The normalized spacial score (nSPS) is 16.6. The zero-order valence-corrected chi connectivity index (χ0v) is 15.8. The number of imidazole rings is 1. The summed E-state index contributed by atoms with van der Waals surface area (Å²) in [6.45, 7) is 0.716. The van der Waals surface area contributed by atoms with Gasteiger partial charge in [0.05, 0.1) is 22.6 Å². The number of likely N-dealkylation sites (tertiary alicyclic amines) is 1. The van der Waals surface area contributed by atoms with Crippen molar-refractivity contribution in [2.75, 3.05) is 6.54 Å². The van der Waals surface area contributed by atoms with Gasteiger partial charge in [0.25, 0.3) is 0 Å². The zero-order valence-electron chi connectivity index (χ0n) is 15.8. The average Bonchev–Trinajstić information content (AvgIpc) is 3.31. The van der Waals surface area contributed by atoms with Crippen LogP contribution in [-0.4, -0.2) is 38.0 Å². The topological polar surface area (TPSA) is 75.4 Å². The largest absolute Gasteiger partial charge is 0.478 e. The summed E-state index contributed by atoms with van der Waals surface area (Å²) in [6.07, 6.45) is 2.57. The number of hydrogen-bond donors (Lipinski definition) is 1. The van der Waals surface area contributed by atoms with Gasteiger partial charge >= 0.3 is 5.97 Å². The third-order valence-corrected chi connectivity index (χ3v) is 5.55. The second-order valence-electron chi connectivity index (χ2n) is 7.23. The summed E-state index contributed by atoms with van der Waals surface area (Å²) in [4.78, 5) is 31.0. The lowest BCUT2D eigenvalue weighted by Crippen LogP contribution is -2.32. The smallest absolute Gasteiger partial charge is 0.335 e. The molecule has 0 spiro atoms. The highest BCUT2D eigenvalue weighted by Crippen LogP contribution is 2.33. The Morgan fingerprint density at radius 1 is 1.14 bits per heavy atom. The molecule has 1 aliphatic heterocycles. The van der Waals surface area contributed by atoms with E-state index in [1.165, 1.54) is 0 Å². The van der Waals surface area contributed by atoms with E-state index in [2.05, 4.69) is 4.57 Å². The van der Waals surface area contributed by atoms with E-state index in [0.29, 0.717) is 24.9 Å². The van der Waals surface area contributed by atoms with Crippen LogP contribution in [0.3, 0.4) is 0 Å².